The number of nitro benzene ring substituents is 1. The molecule has 0 fully saturated rings. The fourth-order valence-electron chi connectivity index (χ4n) is 1.43. The summed E-state index contributed by atoms with van der Waals surface area (Å²) in [6.45, 7) is 2.01. The standard InChI is InChI=1S/C12H15NO4S/c1-2-3-4-11(12(14)15)18-10-7-5-9(6-8-10)13(16)17/h5-8,11H,2-4H2,1H3,(H,14,15). The predicted octanol–water partition coefficient (Wildman–Crippen LogP) is 3.33. The third-order valence-electron chi connectivity index (χ3n) is 2.42. The molecule has 1 unspecified atom stereocenters. The van der Waals surface area contributed by atoms with Gasteiger partial charge in [-0.25, -0.2) is 0 Å². The van der Waals surface area contributed by atoms with Crippen LogP contribution in [0, 0.1) is 10.1 Å². The van der Waals surface area contributed by atoms with Gasteiger partial charge in [0.05, 0.1) is 4.92 Å². The van der Waals surface area contributed by atoms with Gasteiger partial charge in [-0.15, -0.1) is 11.8 Å². The van der Waals surface area contributed by atoms with Crippen molar-refractivity contribution in [3.05, 3.63) is 34.4 Å². The number of hydrogen-bond acceptors (Lipinski definition) is 4. The molecule has 1 aromatic carbocycles. The SMILES string of the molecule is CCCCC(Sc1ccc([N+](=O)[O-])cc1)C(=O)O. The van der Waals surface area contributed by atoms with Gasteiger partial charge in [-0.1, -0.05) is 19.8 Å². The van der Waals surface area contributed by atoms with Crippen LogP contribution in [0.25, 0.3) is 0 Å². The first-order valence-corrected chi connectivity index (χ1v) is 6.56. The Labute approximate surface area is 109 Å². The lowest BCUT2D eigenvalue weighted by atomic mass is 10.2. The zero-order valence-corrected chi connectivity index (χ0v) is 10.9. The topological polar surface area (TPSA) is 80.4 Å². The number of carboxylic acids is 1. The molecule has 0 radical (unpaired) electrons. The van der Waals surface area contributed by atoms with Gasteiger partial charge < -0.3 is 5.11 Å². The van der Waals surface area contributed by atoms with E-state index in [-0.39, 0.29) is 5.69 Å². The summed E-state index contributed by atoms with van der Waals surface area (Å²) in [5, 5.41) is 19.1. The number of carbonyl (C=O) groups is 1. The smallest absolute Gasteiger partial charge is 0.316 e. The molecule has 0 aliphatic carbocycles. The van der Waals surface area contributed by atoms with Gasteiger partial charge in [-0.05, 0) is 18.6 Å². The van der Waals surface area contributed by atoms with Crippen LogP contribution in [0.4, 0.5) is 5.69 Å². The third kappa shape index (κ3) is 4.37. The summed E-state index contributed by atoms with van der Waals surface area (Å²) < 4.78 is 0. The molecule has 98 valence electrons. The van der Waals surface area contributed by atoms with Crippen LogP contribution in [0.15, 0.2) is 29.2 Å². The Balaban J connectivity index is 2.68. The number of benzene rings is 1. The Bertz CT molecular complexity index is 419. The maximum Gasteiger partial charge on any atom is 0.316 e. The maximum atomic E-state index is 11.1. The Kier molecular flexibility index (Phi) is 5.64. The number of aliphatic carboxylic acids is 1. The first kappa shape index (κ1) is 14.5. The second-order valence-electron chi connectivity index (χ2n) is 3.84. The summed E-state index contributed by atoms with van der Waals surface area (Å²) in [6, 6.07) is 5.96. The highest BCUT2D eigenvalue weighted by Gasteiger charge is 2.18. The molecule has 0 heterocycles. The minimum atomic E-state index is -0.841. The normalized spacial score (nSPS) is 12.1. The zero-order valence-electron chi connectivity index (χ0n) is 10.0. The molecular formula is C12H15NO4S. The monoisotopic (exact) mass is 269 g/mol. The van der Waals surface area contributed by atoms with E-state index < -0.39 is 16.1 Å². The Morgan fingerprint density at radius 2 is 2.06 bits per heavy atom. The quantitative estimate of drug-likeness (QED) is 0.466. The van der Waals surface area contributed by atoms with E-state index in [9.17, 15) is 14.9 Å². The van der Waals surface area contributed by atoms with E-state index >= 15 is 0 Å². The van der Waals surface area contributed by atoms with Gasteiger partial charge in [0.1, 0.15) is 5.25 Å². The molecule has 6 heteroatoms. The fourth-order valence-corrected chi connectivity index (χ4v) is 2.44. The van der Waals surface area contributed by atoms with E-state index in [4.69, 9.17) is 5.11 Å². The van der Waals surface area contributed by atoms with Crippen molar-refractivity contribution in [3.63, 3.8) is 0 Å². The minimum absolute atomic E-state index is 0.0137. The highest BCUT2D eigenvalue weighted by atomic mass is 32.2. The van der Waals surface area contributed by atoms with Gasteiger partial charge in [0.25, 0.3) is 5.69 Å². The Hall–Kier alpha value is -1.56. The molecule has 0 spiro atoms. The summed E-state index contributed by atoms with van der Waals surface area (Å²) in [6.07, 6.45) is 2.41. The molecule has 5 nitrogen and oxygen atoms in total. The number of nitro groups is 1. The van der Waals surface area contributed by atoms with Gasteiger partial charge in [0, 0.05) is 17.0 Å². The van der Waals surface area contributed by atoms with E-state index in [1.807, 2.05) is 6.92 Å². The van der Waals surface area contributed by atoms with E-state index in [1.165, 1.54) is 23.9 Å². The number of rotatable bonds is 7. The molecule has 1 aromatic rings. The van der Waals surface area contributed by atoms with Crippen LogP contribution in [0.2, 0.25) is 0 Å². The van der Waals surface area contributed by atoms with Crippen molar-refractivity contribution in [1.82, 2.24) is 0 Å². The fraction of sp³-hybridized carbons (Fsp3) is 0.417. The summed E-state index contributed by atoms with van der Waals surface area (Å²) in [4.78, 5) is 21.8. The van der Waals surface area contributed by atoms with E-state index in [2.05, 4.69) is 0 Å². The van der Waals surface area contributed by atoms with Crippen molar-refractivity contribution in [2.24, 2.45) is 0 Å². The molecular weight excluding hydrogens is 254 g/mol. The molecule has 1 N–H and O–H groups in total. The van der Waals surface area contributed by atoms with Crippen molar-refractivity contribution >= 4 is 23.4 Å². The van der Waals surface area contributed by atoms with Gasteiger partial charge >= 0.3 is 5.97 Å². The molecule has 0 bridgehead atoms. The van der Waals surface area contributed by atoms with Crippen molar-refractivity contribution < 1.29 is 14.8 Å². The molecule has 1 rings (SSSR count). The molecule has 0 saturated heterocycles. The average Bonchev–Trinajstić information content (AvgIpc) is 2.34. The van der Waals surface area contributed by atoms with Crippen molar-refractivity contribution in [2.45, 2.75) is 36.3 Å². The lowest BCUT2D eigenvalue weighted by molar-refractivity contribution is -0.384. The van der Waals surface area contributed by atoms with Gasteiger partial charge in [-0.2, -0.15) is 0 Å². The Morgan fingerprint density at radius 1 is 1.44 bits per heavy atom. The zero-order chi connectivity index (χ0) is 13.5. The second kappa shape index (κ2) is 7.00. The highest BCUT2D eigenvalue weighted by molar-refractivity contribution is 8.00. The first-order chi connectivity index (χ1) is 8.54. The summed E-state index contributed by atoms with van der Waals surface area (Å²) in [5.74, 6) is -0.841. The van der Waals surface area contributed by atoms with Crippen LogP contribution in [-0.2, 0) is 4.79 Å². The molecule has 0 aliphatic rings. The molecule has 0 aliphatic heterocycles. The minimum Gasteiger partial charge on any atom is -0.480 e. The second-order valence-corrected chi connectivity index (χ2v) is 5.11. The molecule has 1 atom stereocenters. The molecule has 0 amide bonds. The number of nitrogens with zero attached hydrogens (tertiary/aromatic N) is 1. The number of hydrogen-bond donors (Lipinski definition) is 1. The number of carboxylic acid groups (broad SMARTS) is 1. The van der Waals surface area contributed by atoms with Crippen LogP contribution >= 0.6 is 11.8 Å². The van der Waals surface area contributed by atoms with Crippen LogP contribution in [-0.4, -0.2) is 21.2 Å². The number of non-ortho nitro benzene ring substituents is 1. The predicted molar refractivity (Wildman–Crippen MR) is 69.9 cm³/mol. The Morgan fingerprint density at radius 3 is 2.50 bits per heavy atom. The first-order valence-electron chi connectivity index (χ1n) is 5.68. The van der Waals surface area contributed by atoms with E-state index in [0.717, 1.165) is 17.7 Å². The largest absolute Gasteiger partial charge is 0.480 e. The van der Waals surface area contributed by atoms with Crippen LogP contribution in [0.5, 0.6) is 0 Å². The molecule has 0 saturated carbocycles. The van der Waals surface area contributed by atoms with Crippen molar-refractivity contribution in [1.29, 1.82) is 0 Å². The summed E-state index contributed by atoms with van der Waals surface area (Å²) in [7, 11) is 0. The average molecular weight is 269 g/mol. The maximum absolute atomic E-state index is 11.1. The van der Waals surface area contributed by atoms with Crippen LogP contribution in [0.3, 0.4) is 0 Å². The summed E-state index contributed by atoms with van der Waals surface area (Å²) >= 11 is 1.24. The van der Waals surface area contributed by atoms with Gasteiger partial charge in [0.2, 0.25) is 0 Å². The van der Waals surface area contributed by atoms with Crippen LogP contribution in [0.1, 0.15) is 26.2 Å². The lowest BCUT2D eigenvalue weighted by Gasteiger charge is -2.11. The van der Waals surface area contributed by atoms with E-state index in [0.29, 0.717) is 6.42 Å². The molecule has 0 aromatic heterocycles. The number of thioether (sulfide) groups is 1. The summed E-state index contributed by atoms with van der Waals surface area (Å²) in [5.41, 5.74) is 0.0137. The highest BCUT2D eigenvalue weighted by Crippen LogP contribution is 2.28. The molecule has 18 heavy (non-hydrogen) atoms. The number of unbranched alkanes of at least 4 members (excludes halogenated alkanes) is 1. The van der Waals surface area contributed by atoms with E-state index in [1.54, 1.807) is 12.1 Å². The van der Waals surface area contributed by atoms with Crippen molar-refractivity contribution in [3.8, 4) is 0 Å². The lowest BCUT2D eigenvalue weighted by Crippen LogP contribution is -2.15. The van der Waals surface area contributed by atoms with Crippen molar-refractivity contribution in [2.75, 3.05) is 0 Å². The van der Waals surface area contributed by atoms with Crippen LogP contribution < -0.4 is 0 Å². The third-order valence-corrected chi connectivity index (χ3v) is 3.69. The van der Waals surface area contributed by atoms with Gasteiger partial charge in [-0.3, -0.25) is 14.9 Å². The van der Waals surface area contributed by atoms with Gasteiger partial charge in [0.15, 0.2) is 0 Å².